The number of hydrogen-bond donors (Lipinski definition) is 0. The molecule has 0 nitrogen and oxygen atoms in total. The van der Waals surface area contributed by atoms with Gasteiger partial charge in [-0.05, 0) is 95.4 Å². The second-order valence-electron chi connectivity index (χ2n) is 8.62. The molecule has 0 atom stereocenters. The monoisotopic (exact) mass is 544 g/mol. The van der Waals surface area contributed by atoms with E-state index in [-0.39, 0.29) is 44.8 Å². The second kappa shape index (κ2) is 11.9. The van der Waals surface area contributed by atoms with Crippen molar-refractivity contribution in [3.05, 3.63) is 76.3 Å². The Morgan fingerprint density at radius 2 is 1.37 bits per heavy atom. The van der Waals surface area contributed by atoms with Crippen molar-refractivity contribution in [1.82, 2.24) is 0 Å². The summed E-state index contributed by atoms with van der Waals surface area (Å²) in [6.45, 7) is 15.7. The van der Waals surface area contributed by atoms with Gasteiger partial charge in [-0.25, -0.2) is 0 Å². The first-order chi connectivity index (χ1) is 13.3. The minimum atomic E-state index is -0.102. The van der Waals surface area contributed by atoms with E-state index >= 15 is 0 Å². The summed E-state index contributed by atoms with van der Waals surface area (Å²) in [5.41, 5.74) is 8.33. The van der Waals surface area contributed by atoms with Gasteiger partial charge in [-0.1, -0.05) is 77.6 Å². The summed E-state index contributed by atoms with van der Waals surface area (Å²) in [6.07, 6.45) is 2.43. The molecule has 1 aliphatic carbocycles. The van der Waals surface area contributed by atoms with Crippen molar-refractivity contribution < 1.29 is 12.4 Å². The Morgan fingerprint density at radius 3 is 1.87 bits per heavy atom. The molecule has 0 saturated heterocycles. The Morgan fingerprint density at radius 1 is 0.833 bits per heavy atom. The number of hydrogen-bond acceptors (Lipinski definition) is 0. The topological polar surface area (TPSA) is 0 Å². The van der Waals surface area contributed by atoms with Crippen molar-refractivity contribution in [2.24, 2.45) is 0 Å². The van der Waals surface area contributed by atoms with Gasteiger partial charge < -0.3 is 12.4 Å². The Kier molecular flexibility index (Phi) is 10.9. The third-order valence-corrected chi connectivity index (χ3v) is 8.59. The minimum Gasteiger partial charge on any atom is -1.00 e. The van der Waals surface area contributed by atoms with Gasteiger partial charge in [0.15, 0.2) is 0 Å². The molecule has 3 aromatic carbocycles. The summed E-state index contributed by atoms with van der Waals surface area (Å²) in [6, 6.07) is 20.2. The maximum Gasteiger partial charge on any atom is 0 e. The normalized spacial score (nSPS) is 11.9. The van der Waals surface area contributed by atoms with Crippen LogP contribution in [0.5, 0.6) is 0 Å². The fraction of sp³-hybridized carbons (Fsp3) is 0.407. The van der Waals surface area contributed by atoms with Crippen LogP contribution >= 0.6 is 7.92 Å². The van der Waals surface area contributed by atoms with E-state index in [9.17, 15) is 0 Å². The molecule has 0 aromatic heterocycles. The Bertz CT molecular complexity index is 909. The predicted octanol–water partition coefficient (Wildman–Crippen LogP) is 3.70. The van der Waals surface area contributed by atoms with E-state index in [1.807, 2.05) is 0 Å². The molecular formula is C27H33ClPSb-. The van der Waals surface area contributed by atoms with Gasteiger partial charge in [0, 0.05) is 24.4 Å². The zero-order valence-electron chi connectivity index (χ0n) is 19.3. The molecule has 0 N–H and O–H groups in total. The summed E-state index contributed by atoms with van der Waals surface area (Å²) in [4.78, 5) is 0. The van der Waals surface area contributed by atoms with Crippen LogP contribution in [-0.4, -0.2) is 35.7 Å². The Labute approximate surface area is 208 Å². The van der Waals surface area contributed by atoms with Crippen molar-refractivity contribution in [1.29, 1.82) is 0 Å². The van der Waals surface area contributed by atoms with Crippen molar-refractivity contribution in [2.75, 3.05) is 0 Å². The van der Waals surface area contributed by atoms with Gasteiger partial charge in [0.25, 0.3) is 0 Å². The van der Waals surface area contributed by atoms with Crippen molar-refractivity contribution in [2.45, 2.75) is 72.6 Å². The molecule has 0 heterocycles. The largest absolute Gasteiger partial charge is 1.00 e. The molecule has 0 fully saturated rings. The van der Waals surface area contributed by atoms with Gasteiger partial charge >= 0.3 is 0 Å². The molecule has 0 amide bonds. The van der Waals surface area contributed by atoms with Crippen LogP contribution in [0.1, 0.15) is 55.5 Å². The number of aryl methyl sites for hydroxylation is 5. The quantitative estimate of drug-likeness (QED) is 0.348. The van der Waals surface area contributed by atoms with Crippen LogP contribution in [0.2, 0.25) is 0 Å². The molecular weight excluding hydrogens is 512 g/mol. The molecule has 0 saturated carbocycles. The van der Waals surface area contributed by atoms with Crippen LogP contribution in [0.4, 0.5) is 0 Å². The molecule has 0 bridgehead atoms. The maximum absolute atomic E-state index is 3.55. The molecule has 0 spiro atoms. The molecule has 4 rings (SSSR count). The molecule has 0 unspecified atom stereocenters. The van der Waals surface area contributed by atoms with E-state index in [0.717, 1.165) is 11.3 Å². The van der Waals surface area contributed by atoms with E-state index in [2.05, 4.69) is 97.0 Å². The first-order valence-corrected chi connectivity index (χ1v) is 12.0. The van der Waals surface area contributed by atoms with Gasteiger partial charge in [0.05, 0.1) is 0 Å². The first-order valence-electron chi connectivity index (χ1n) is 10.5. The van der Waals surface area contributed by atoms with Crippen LogP contribution in [0.3, 0.4) is 0 Å². The SMILES string of the molecule is CC(C)P(c1ccc2c3c(cc[c]c13)CC2)C(C)C.Cc1[c]c(C)cc(C)c1.[Cl-].[Sb]. The number of benzene rings is 3. The molecule has 1 aliphatic rings. The smallest absolute Gasteiger partial charge is 0 e. The van der Waals surface area contributed by atoms with E-state index < -0.39 is 0 Å². The Hall–Kier alpha value is -0.542. The molecule has 159 valence electrons. The van der Waals surface area contributed by atoms with E-state index in [1.54, 1.807) is 5.30 Å². The molecule has 3 heteroatoms. The molecule has 0 aliphatic heterocycles. The zero-order valence-corrected chi connectivity index (χ0v) is 23.5. The first kappa shape index (κ1) is 27.5. The molecule has 5 radical (unpaired) electrons. The molecule has 3 aromatic rings. The Balaban J connectivity index is 0.000000351. The summed E-state index contributed by atoms with van der Waals surface area (Å²) >= 11 is 0. The maximum atomic E-state index is 3.55. The number of rotatable bonds is 3. The van der Waals surface area contributed by atoms with E-state index in [1.165, 1.54) is 51.4 Å². The van der Waals surface area contributed by atoms with Crippen molar-refractivity contribution >= 4 is 48.4 Å². The average molecular weight is 546 g/mol. The van der Waals surface area contributed by atoms with Crippen LogP contribution in [-0.2, 0) is 12.8 Å². The van der Waals surface area contributed by atoms with Gasteiger partial charge in [0.1, 0.15) is 0 Å². The standard InChI is InChI=1S/C18H22P.C9H11.ClH.Sb/c1-12(2)19(13(3)4)17-11-10-15-9-8-14-6-5-7-16(17)18(14)15;1-7-4-8(2)6-9(3)5-7;;/h5-6,10-13H,8-9H2,1-4H3;4-5H,1-3H3;1H;/p-1. The summed E-state index contributed by atoms with van der Waals surface area (Å²) in [5, 5.41) is 4.51. The zero-order chi connectivity index (χ0) is 20.4. The fourth-order valence-electron chi connectivity index (χ4n) is 4.62. The van der Waals surface area contributed by atoms with Gasteiger partial charge in [-0.2, -0.15) is 0 Å². The number of halogens is 1. The van der Waals surface area contributed by atoms with Gasteiger partial charge in [0.2, 0.25) is 0 Å². The average Bonchev–Trinajstić information content (AvgIpc) is 3.01. The van der Waals surface area contributed by atoms with E-state index in [0.29, 0.717) is 0 Å². The van der Waals surface area contributed by atoms with Gasteiger partial charge in [-0.3, -0.25) is 0 Å². The van der Waals surface area contributed by atoms with E-state index in [4.69, 9.17) is 0 Å². The third kappa shape index (κ3) is 6.25. The summed E-state index contributed by atoms with van der Waals surface area (Å²) < 4.78 is 0. The van der Waals surface area contributed by atoms with Crippen LogP contribution in [0, 0.1) is 32.9 Å². The second-order valence-corrected chi connectivity index (χ2v) is 12.0. The van der Waals surface area contributed by atoms with Crippen LogP contribution < -0.4 is 17.7 Å². The molecule has 30 heavy (non-hydrogen) atoms. The summed E-state index contributed by atoms with van der Waals surface area (Å²) in [5.74, 6) is 0. The van der Waals surface area contributed by atoms with Gasteiger partial charge in [-0.15, -0.1) is 0 Å². The van der Waals surface area contributed by atoms with Crippen molar-refractivity contribution in [3.63, 3.8) is 0 Å². The summed E-state index contributed by atoms with van der Waals surface area (Å²) in [7, 11) is -0.102. The van der Waals surface area contributed by atoms with Crippen molar-refractivity contribution in [3.8, 4) is 0 Å². The predicted molar refractivity (Wildman–Crippen MR) is 132 cm³/mol. The van der Waals surface area contributed by atoms with Crippen LogP contribution in [0.15, 0.2) is 36.4 Å². The third-order valence-electron chi connectivity index (χ3n) is 5.44. The minimum absolute atomic E-state index is 0. The fourth-order valence-corrected chi connectivity index (χ4v) is 7.60. The van der Waals surface area contributed by atoms with Crippen LogP contribution in [0.25, 0.3) is 10.8 Å².